The van der Waals surface area contributed by atoms with Crippen LogP contribution in [0, 0.1) is 0 Å². The largest absolute Gasteiger partial charge is 0.452 e. The molecule has 1 aliphatic heterocycles. The van der Waals surface area contributed by atoms with Gasteiger partial charge in [-0.05, 0) is 18.2 Å². The van der Waals surface area contributed by atoms with E-state index in [1.807, 2.05) is 0 Å². The molecule has 148 valence electrons. The summed E-state index contributed by atoms with van der Waals surface area (Å²) in [4.78, 5) is 35.9. The van der Waals surface area contributed by atoms with Gasteiger partial charge in [0.1, 0.15) is 11.5 Å². The van der Waals surface area contributed by atoms with Crippen molar-refractivity contribution < 1.29 is 32.3 Å². The number of cyclic esters (lactones) is 1. The number of amides is 2. The number of imide groups is 1. The number of benzene rings is 1. The fourth-order valence-corrected chi connectivity index (χ4v) is 4.40. The zero-order valence-electron chi connectivity index (χ0n) is 14.8. The molecule has 0 aliphatic carbocycles. The molecule has 0 spiro atoms. The van der Waals surface area contributed by atoms with E-state index < -0.39 is 34.6 Å². The molecular formula is C16H19ClN2O7S. The van der Waals surface area contributed by atoms with Crippen LogP contribution in [0.3, 0.4) is 0 Å². The van der Waals surface area contributed by atoms with Gasteiger partial charge in [-0.25, -0.2) is 22.9 Å². The van der Waals surface area contributed by atoms with Crippen LogP contribution >= 0.6 is 11.6 Å². The maximum absolute atomic E-state index is 12.6. The minimum absolute atomic E-state index is 0.0330. The lowest BCUT2D eigenvalue weighted by Gasteiger charge is -2.19. The standard InChI is InChI=1S/C16H19ClN2O7S/c1-3-18(4-2)27(23,24)13-9-11(5-6-12(13)17)15(21)26-10-14(20)19-7-8-25-16(19)22/h5-6,9H,3-4,7-8,10H2,1-2H3. The van der Waals surface area contributed by atoms with Crippen molar-refractivity contribution in [2.75, 3.05) is 32.8 Å². The molecule has 1 fully saturated rings. The summed E-state index contributed by atoms with van der Waals surface area (Å²) in [7, 11) is -3.88. The monoisotopic (exact) mass is 418 g/mol. The Morgan fingerprint density at radius 1 is 1.30 bits per heavy atom. The Morgan fingerprint density at radius 3 is 2.52 bits per heavy atom. The summed E-state index contributed by atoms with van der Waals surface area (Å²) in [5.74, 6) is -1.64. The number of hydrogen-bond donors (Lipinski definition) is 0. The van der Waals surface area contributed by atoms with E-state index in [1.165, 1.54) is 16.4 Å². The number of carbonyl (C=O) groups is 3. The molecule has 27 heavy (non-hydrogen) atoms. The normalized spacial score (nSPS) is 14.4. The number of sulfonamides is 1. The third kappa shape index (κ3) is 4.57. The highest BCUT2D eigenvalue weighted by atomic mass is 35.5. The molecule has 0 aromatic heterocycles. The molecule has 11 heteroatoms. The molecular weight excluding hydrogens is 400 g/mol. The van der Waals surface area contributed by atoms with E-state index in [0.29, 0.717) is 0 Å². The van der Waals surface area contributed by atoms with E-state index in [2.05, 4.69) is 4.74 Å². The minimum Gasteiger partial charge on any atom is -0.452 e. The predicted molar refractivity (Wildman–Crippen MR) is 94.9 cm³/mol. The van der Waals surface area contributed by atoms with E-state index in [4.69, 9.17) is 16.3 Å². The van der Waals surface area contributed by atoms with Crippen molar-refractivity contribution in [1.29, 1.82) is 0 Å². The van der Waals surface area contributed by atoms with Crippen molar-refractivity contribution in [2.24, 2.45) is 0 Å². The average Bonchev–Trinajstić information content (AvgIpc) is 3.06. The summed E-state index contributed by atoms with van der Waals surface area (Å²) in [5, 5.41) is -0.0330. The van der Waals surface area contributed by atoms with Gasteiger partial charge in [-0.2, -0.15) is 4.31 Å². The van der Waals surface area contributed by atoms with Gasteiger partial charge in [0.25, 0.3) is 5.91 Å². The van der Waals surface area contributed by atoms with Gasteiger partial charge in [0.2, 0.25) is 10.0 Å². The Hall–Kier alpha value is -2.17. The lowest BCUT2D eigenvalue weighted by atomic mass is 10.2. The fourth-order valence-electron chi connectivity index (χ4n) is 2.44. The first-order valence-electron chi connectivity index (χ1n) is 8.16. The zero-order chi connectivity index (χ0) is 20.2. The van der Waals surface area contributed by atoms with Gasteiger partial charge in [-0.3, -0.25) is 4.79 Å². The highest BCUT2D eigenvalue weighted by molar-refractivity contribution is 7.89. The van der Waals surface area contributed by atoms with Crippen molar-refractivity contribution in [2.45, 2.75) is 18.7 Å². The second-order valence-corrected chi connectivity index (χ2v) is 7.78. The van der Waals surface area contributed by atoms with E-state index >= 15 is 0 Å². The molecule has 1 saturated heterocycles. The smallest absolute Gasteiger partial charge is 0.416 e. The van der Waals surface area contributed by atoms with Gasteiger partial charge in [0.05, 0.1) is 17.1 Å². The van der Waals surface area contributed by atoms with Crippen LogP contribution in [0.25, 0.3) is 0 Å². The molecule has 0 radical (unpaired) electrons. The van der Waals surface area contributed by atoms with Crippen LogP contribution in [0.15, 0.2) is 23.1 Å². The summed E-state index contributed by atoms with van der Waals surface area (Å²) in [6, 6.07) is 3.67. The molecule has 0 N–H and O–H groups in total. The molecule has 2 amide bonds. The summed E-state index contributed by atoms with van der Waals surface area (Å²) < 4.78 is 36.0. The highest BCUT2D eigenvalue weighted by Crippen LogP contribution is 2.26. The van der Waals surface area contributed by atoms with Crippen LogP contribution in [0.4, 0.5) is 4.79 Å². The van der Waals surface area contributed by atoms with E-state index in [1.54, 1.807) is 13.8 Å². The van der Waals surface area contributed by atoms with Crippen molar-refractivity contribution in [3.8, 4) is 0 Å². The third-order valence-electron chi connectivity index (χ3n) is 3.88. The van der Waals surface area contributed by atoms with Crippen LogP contribution in [0.2, 0.25) is 5.02 Å². The van der Waals surface area contributed by atoms with Crippen molar-refractivity contribution in [1.82, 2.24) is 9.21 Å². The topological polar surface area (TPSA) is 110 Å². The van der Waals surface area contributed by atoms with Gasteiger partial charge in [-0.15, -0.1) is 0 Å². The van der Waals surface area contributed by atoms with Crippen LogP contribution in [0.1, 0.15) is 24.2 Å². The first kappa shape index (κ1) is 21.1. The van der Waals surface area contributed by atoms with Crippen LogP contribution in [-0.4, -0.2) is 68.4 Å². The quantitative estimate of drug-likeness (QED) is 0.617. The van der Waals surface area contributed by atoms with E-state index in [-0.39, 0.29) is 41.7 Å². The predicted octanol–water partition coefficient (Wildman–Crippen LogP) is 1.51. The third-order valence-corrected chi connectivity index (χ3v) is 6.41. The molecule has 2 rings (SSSR count). The number of ether oxygens (including phenoxy) is 2. The molecule has 1 aromatic rings. The Bertz CT molecular complexity index is 852. The van der Waals surface area contributed by atoms with E-state index in [0.717, 1.165) is 11.0 Å². The molecule has 0 atom stereocenters. The van der Waals surface area contributed by atoms with Crippen molar-refractivity contribution in [3.63, 3.8) is 0 Å². The SMILES string of the molecule is CCN(CC)S(=O)(=O)c1cc(C(=O)OCC(=O)N2CCOC2=O)ccc1Cl. The van der Waals surface area contributed by atoms with Crippen LogP contribution in [-0.2, 0) is 24.3 Å². The second kappa shape index (κ2) is 8.68. The molecule has 1 heterocycles. The molecule has 0 unspecified atom stereocenters. The van der Waals surface area contributed by atoms with Crippen LogP contribution < -0.4 is 0 Å². The summed E-state index contributed by atoms with van der Waals surface area (Å²) in [5.41, 5.74) is -0.0815. The molecule has 1 aromatic carbocycles. The first-order chi connectivity index (χ1) is 12.7. The summed E-state index contributed by atoms with van der Waals surface area (Å²) in [6.45, 7) is 3.35. The molecule has 0 bridgehead atoms. The number of halogens is 1. The lowest BCUT2D eigenvalue weighted by molar-refractivity contribution is -0.131. The lowest BCUT2D eigenvalue weighted by Crippen LogP contribution is -2.35. The maximum Gasteiger partial charge on any atom is 0.416 e. The Labute approximate surface area is 161 Å². The van der Waals surface area contributed by atoms with Crippen LogP contribution in [0.5, 0.6) is 0 Å². The van der Waals surface area contributed by atoms with Crippen molar-refractivity contribution >= 4 is 39.6 Å². The Kier molecular flexibility index (Phi) is 6.79. The number of hydrogen-bond acceptors (Lipinski definition) is 7. The minimum atomic E-state index is -3.88. The van der Waals surface area contributed by atoms with E-state index in [9.17, 15) is 22.8 Å². The average molecular weight is 419 g/mol. The second-order valence-electron chi connectivity index (χ2n) is 5.47. The van der Waals surface area contributed by atoms with Gasteiger partial charge < -0.3 is 9.47 Å². The maximum atomic E-state index is 12.6. The van der Waals surface area contributed by atoms with Gasteiger partial charge in [-0.1, -0.05) is 25.4 Å². The fraction of sp³-hybridized carbons (Fsp3) is 0.438. The highest BCUT2D eigenvalue weighted by Gasteiger charge is 2.30. The van der Waals surface area contributed by atoms with Gasteiger partial charge in [0, 0.05) is 13.1 Å². The molecule has 0 saturated carbocycles. The number of carbonyl (C=O) groups excluding carboxylic acids is 3. The number of rotatable bonds is 7. The van der Waals surface area contributed by atoms with Gasteiger partial charge in [0.15, 0.2) is 6.61 Å². The van der Waals surface area contributed by atoms with Crippen molar-refractivity contribution in [3.05, 3.63) is 28.8 Å². The zero-order valence-corrected chi connectivity index (χ0v) is 16.4. The summed E-state index contributed by atoms with van der Waals surface area (Å²) in [6.07, 6.45) is -0.796. The van der Waals surface area contributed by atoms with Gasteiger partial charge >= 0.3 is 12.1 Å². The summed E-state index contributed by atoms with van der Waals surface area (Å²) >= 11 is 6.00. The molecule has 9 nitrogen and oxygen atoms in total. The Morgan fingerprint density at radius 2 is 1.96 bits per heavy atom. The number of nitrogens with zero attached hydrogens (tertiary/aromatic N) is 2. The first-order valence-corrected chi connectivity index (χ1v) is 9.98. The Balaban J connectivity index is 2.16. The molecule has 1 aliphatic rings. The number of esters is 1.